The molecule has 9 heteroatoms. The van der Waals surface area contributed by atoms with Gasteiger partial charge >= 0.3 is 0 Å². The lowest BCUT2D eigenvalue weighted by atomic mass is 10.3. The molecule has 0 unspecified atom stereocenters. The number of imidazole rings is 2. The Labute approximate surface area is 158 Å². The van der Waals surface area contributed by atoms with Gasteiger partial charge in [0, 0.05) is 12.4 Å². The summed E-state index contributed by atoms with van der Waals surface area (Å²) in [4.78, 5) is 21.5. The van der Waals surface area contributed by atoms with Crippen LogP contribution in [0.25, 0.3) is 27.9 Å². The molecule has 5 rings (SSSR count). The summed E-state index contributed by atoms with van der Waals surface area (Å²) in [6.07, 6.45) is 1.77. The summed E-state index contributed by atoms with van der Waals surface area (Å²) in [5.74, 6) is 2.04. The first-order valence-corrected chi connectivity index (χ1v) is 9.39. The predicted octanol–water partition coefficient (Wildman–Crippen LogP) is 3.41. The van der Waals surface area contributed by atoms with Crippen LogP contribution in [0.1, 0.15) is 5.82 Å². The molecule has 0 radical (unpaired) electrons. The van der Waals surface area contributed by atoms with E-state index in [2.05, 4.69) is 40.9 Å². The fourth-order valence-corrected chi connectivity index (χ4v) is 3.60. The molecule has 5 aromatic rings. The first-order valence-electron chi connectivity index (χ1n) is 8.45. The van der Waals surface area contributed by atoms with Gasteiger partial charge in [-0.3, -0.25) is 4.57 Å². The van der Waals surface area contributed by atoms with Crippen molar-refractivity contribution < 1.29 is 0 Å². The number of benzene rings is 1. The van der Waals surface area contributed by atoms with E-state index in [-0.39, 0.29) is 0 Å². The molecule has 0 bridgehead atoms. The van der Waals surface area contributed by atoms with Crippen LogP contribution < -0.4 is 10.6 Å². The molecule has 27 heavy (non-hydrogen) atoms. The van der Waals surface area contributed by atoms with E-state index < -0.39 is 0 Å². The number of hydrogen-bond donors (Lipinski definition) is 3. The quantitative estimate of drug-likeness (QED) is 0.435. The molecule has 8 nitrogen and oxygen atoms in total. The Balaban J connectivity index is 1.52. The Morgan fingerprint density at radius 2 is 2.07 bits per heavy atom. The van der Waals surface area contributed by atoms with Crippen LogP contribution in [0.3, 0.4) is 0 Å². The van der Waals surface area contributed by atoms with E-state index in [1.807, 2.05) is 40.3 Å². The third-order valence-corrected chi connectivity index (χ3v) is 4.94. The van der Waals surface area contributed by atoms with Crippen LogP contribution in [0.2, 0.25) is 0 Å². The number of H-pyrrole nitrogens is 1. The average Bonchev–Trinajstić information content (AvgIpc) is 3.43. The number of aromatic nitrogens is 6. The maximum Gasteiger partial charge on any atom is 0.226 e. The van der Waals surface area contributed by atoms with Gasteiger partial charge in [-0.2, -0.15) is 21.3 Å². The van der Waals surface area contributed by atoms with Crippen molar-refractivity contribution >= 4 is 45.3 Å². The van der Waals surface area contributed by atoms with Gasteiger partial charge in [0.15, 0.2) is 17.0 Å². The zero-order chi connectivity index (χ0) is 18.2. The van der Waals surface area contributed by atoms with Crippen molar-refractivity contribution in [3.63, 3.8) is 0 Å². The molecule has 0 spiro atoms. The highest BCUT2D eigenvalue weighted by atomic mass is 32.1. The van der Waals surface area contributed by atoms with Gasteiger partial charge in [-0.25, -0.2) is 9.97 Å². The third kappa shape index (κ3) is 2.77. The third-order valence-electron chi connectivity index (χ3n) is 4.27. The SMILES string of the molecule is CNc1nc(NCc2nc3ccccc3[nH]2)c2ncn(-c3ccsc3)c2n1. The largest absolute Gasteiger partial charge is 0.361 e. The van der Waals surface area contributed by atoms with Gasteiger partial charge in [0.1, 0.15) is 12.2 Å². The van der Waals surface area contributed by atoms with E-state index >= 15 is 0 Å². The number of aromatic amines is 1. The molecular weight excluding hydrogens is 360 g/mol. The van der Waals surface area contributed by atoms with Crippen molar-refractivity contribution in [2.75, 3.05) is 17.7 Å². The lowest BCUT2D eigenvalue weighted by Gasteiger charge is -2.08. The van der Waals surface area contributed by atoms with Crippen LogP contribution in [-0.4, -0.2) is 36.5 Å². The van der Waals surface area contributed by atoms with Crippen LogP contribution in [0.15, 0.2) is 47.4 Å². The standard InChI is InChI=1S/C18H16N8S/c1-19-18-24-16(20-8-14-22-12-4-2-3-5-13(12)23-14)15-17(25-18)26(10-21-15)11-6-7-27-9-11/h2-7,9-10H,8H2,1H3,(H,22,23)(H2,19,20,24,25). The second-order valence-corrected chi connectivity index (χ2v) is 6.75. The molecule has 1 aromatic carbocycles. The minimum atomic E-state index is 0.509. The fraction of sp³-hybridized carbons (Fsp3) is 0.111. The molecule has 134 valence electrons. The predicted molar refractivity (Wildman–Crippen MR) is 108 cm³/mol. The van der Waals surface area contributed by atoms with E-state index in [9.17, 15) is 0 Å². The molecule has 0 aliphatic rings. The highest BCUT2D eigenvalue weighted by Crippen LogP contribution is 2.25. The van der Waals surface area contributed by atoms with Crippen LogP contribution in [0.4, 0.5) is 11.8 Å². The second-order valence-electron chi connectivity index (χ2n) is 5.97. The Bertz CT molecular complexity index is 1190. The van der Waals surface area contributed by atoms with Crippen molar-refractivity contribution in [2.45, 2.75) is 6.54 Å². The van der Waals surface area contributed by atoms with E-state index in [0.717, 1.165) is 33.7 Å². The van der Waals surface area contributed by atoms with Crippen molar-refractivity contribution in [1.29, 1.82) is 0 Å². The average molecular weight is 376 g/mol. The van der Waals surface area contributed by atoms with Gasteiger partial charge < -0.3 is 15.6 Å². The lowest BCUT2D eigenvalue weighted by Crippen LogP contribution is -2.07. The minimum Gasteiger partial charge on any atom is -0.361 e. The highest BCUT2D eigenvalue weighted by molar-refractivity contribution is 7.08. The summed E-state index contributed by atoms with van der Waals surface area (Å²) in [5, 5.41) is 10.4. The molecule has 0 aliphatic carbocycles. The van der Waals surface area contributed by atoms with Gasteiger partial charge in [-0.05, 0) is 23.6 Å². The molecule has 3 N–H and O–H groups in total. The van der Waals surface area contributed by atoms with Gasteiger partial charge in [-0.1, -0.05) is 12.1 Å². The first-order chi connectivity index (χ1) is 13.3. The van der Waals surface area contributed by atoms with E-state index in [4.69, 9.17) is 0 Å². The number of rotatable bonds is 5. The molecular formula is C18H16N8S. The van der Waals surface area contributed by atoms with E-state index in [0.29, 0.717) is 18.3 Å². The van der Waals surface area contributed by atoms with Crippen LogP contribution in [-0.2, 0) is 6.54 Å². The van der Waals surface area contributed by atoms with Gasteiger partial charge in [0.2, 0.25) is 5.95 Å². The van der Waals surface area contributed by atoms with Crippen molar-refractivity contribution in [1.82, 2.24) is 29.5 Å². The summed E-state index contributed by atoms with van der Waals surface area (Å²) >= 11 is 1.63. The number of hydrogen-bond acceptors (Lipinski definition) is 7. The molecule has 4 aromatic heterocycles. The fourth-order valence-electron chi connectivity index (χ4n) is 2.98. The Morgan fingerprint density at radius 3 is 2.89 bits per heavy atom. The molecule has 0 amide bonds. The molecule has 0 aliphatic heterocycles. The topological polar surface area (TPSA) is 96.3 Å². The van der Waals surface area contributed by atoms with Crippen molar-refractivity contribution in [3.8, 4) is 5.69 Å². The number of anilines is 2. The van der Waals surface area contributed by atoms with Crippen molar-refractivity contribution in [3.05, 3.63) is 53.2 Å². The normalized spacial score (nSPS) is 11.3. The van der Waals surface area contributed by atoms with E-state index in [1.165, 1.54) is 0 Å². The first kappa shape index (κ1) is 15.8. The number of nitrogens with zero attached hydrogens (tertiary/aromatic N) is 5. The van der Waals surface area contributed by atoms with E-state index in [1.54, 1.807) is 24.7 Å². The van der Waals surface area contributed by atoms with Crippen LogP contribution >= 0.6 is 11.3 Å². The monoisotopic (exact) mass is 376 g/mol. The number of fused-ring (bicyclic) bond motifs is 2. The smallest absolute Gasteiger partial charge is 0.226 e. The Kier molecular flexibility index (Phi) is 3.72. The molecule has 0 saturated heterocycles. The van der Waals surface area contributed by atoms with Gasteiger partial charge in [-0.15, -0.1) is 0 Å². The Morgan fingerprint density at radius 1 is 1.15 bits per heavy atom. The molecule has 0 atom stereocenters. The van der Waals surface area contributed by atoms with Gasteiger partial charge in [0.05, 0.1) is 23.3 Å². The molecule has 4 heterocycles. The minimum absolute atomic E-state index is 0.509. The zero-order valence-electron chi connectivity index (χ0n) is 14.5. The lowest BCUT2D eigenvalue weighted by molar-refractivity contribution is 0.995. The number of para-hydroxylation sites is 2. The van der Waals surface area contributed by atoms with Gasteiger partial charge in [0.25, 0.3) is 0 Å². The number of nitrogens with one attached hydrogen (secondary N) is 3. The highest BCUT2D eigenvalue weighted by Gasteiger charge is 2.14. The number of thiophene rings is 1. The summed E-state index contributed by atoms with van der Waals surface area (Å²) in [6, 6.07) is 10.00. The molecule has 0 fully saturated rings. The maximum atomic E-state index is 4.59. The summed E-state index contributed by atoms with van der Waals surface area (Å²) in [7, 11) is 1.80. The van der Waals surface area contributed by atoms with Crippen LogP contribution in [0.5, 0.6) is 0 Å². The van der Waals surface area contributed by atoms with Crippen LogP contribution in [0, 0.1) is 0 Å². The maximum absolute atomic E-state index is 4.59. The summed E-state index contributed by atoms with van der Waals surface area (Å²) in [5.41, 5.74) is 4.46. The summed E-state index contributed by atoms with van der Waals surface area (Å²) in [6.45, 7) is 0.509. The second kappa shape index (κ2) is 6.36. The Hall–Kier alpha value is -3.46. The molecule has 0 saturated carbocycles. The zero-order valence-corrected chi connectivity index (χ0v) is 15.3. The van der Waals surface area contributed by atoms with Crippen molar-refractivity contribution in [2.24, 2.45) is 0 Å². The summed E-state index contributed by atoms with van der Waals surface area (Å²) < 4.78 is 1.96.